The fraction of sp³-hybridized carbons (Fsp3) is 0.615. The minimum Gasteiger partial charge on any atom is -0.384 e. The summed E-state index contributed by atoms with van der Waals surface area (Å²) >= 11 is 0. The Balaban J connectivity index is 1.80. The Kier molecular flexibility index (Phi) is 3.47. The van der Waals surface area contributed by atoms with Gasteiger partial charge in [0, 0.05) is 13.3 Å². The first-order chi connectivity index (χ1) is 10.4. The van der Waals surface area contributed by atoms with Gasteiger partial charge in [0.1, 0.15) is 6.04 Å². The van der Waals surface area contributed by atoms with E-state index in [1.807, 2.05) is 0 Å². The Morgan fingerprint density at radius 1 is 1.45 bits per heavy atom. The van der Waals surface area contributed by atoms with Crippen LogP contribution >= 0.6 is 0 Å². The molecule has 1 aliphatic carbocycles. The SMILES string of the molecule is COCC1(c2noc(C(C)n3ccc(C(F)(F)F)n3)n2)CC1. The van der Waals surface area contributed by atoms with Gasteiger partial charge in [0.25, 0.3) is 5.89 Å². The highest BCUT2D eigenvalue weighted by Gasteiger charge is 2.48. The summed E-state index contributed by atoms with van der Waals surface area (Å²) < 4.78 is 49.2. The summed E-state index contributed by atoms with van der Waals surface area (Å²) in [5.41, 5.74) is -1.16. The molecule has 1 aliphatic rings. The molecule has 1 atom stereocenters. The second-order valence-corrected chi connectivity index (χ2v) is 5.52. The van der Waals surface area contributed by atoms with Crippen molar-refractivity contribution in [2.75, 3.05) is 13.7 Å². The lowest BCUT2D eigenvalue weighted by Crippen LogP contribution is -2.16. The highest BCUT2D eigenvalue weighted by Crippen LogP contribution is 2.47. The molecule has 120 valence electrons. The molecule has 0 aromatic carbocycles. The maximum atomic E-state index is 12.6. The van der Waals surface area contributed by atoms with E-state index in [9.17, 15) is 13.2 Å². The van der Waals surface area contributed by atoms with Crippen LogP contribution in [0.4, 0.5) is 13.2 Å². The normalized spacial score (nSPS) is 18.4. The Hall–Kier alpha value is -1.90. The van der Waals surface area contributed by atoms with Crippen molar-refractivity contribution < 1.29 is 22.4 Å². The van der Waals surface area contributed by atoms with Crippen LogP contribution in [0.2, 0.25) is 0 Å². The number of hydrogen-bond donors (Lipinski definition) is 0. The van der Waals surface area contributed by atoms with E-state index in [1.165, 1.54) is 6.20 Å². The average Bonchev–Trinajstić information content (AvgIpc) is 2.95. The largest absolute Gasteiger partial charge is 0.435 e. The van der Waals surface area contributed by atoms with Crippen molar-refractivity contribution in [1.29, 1.82) is 0 Å². The fourth-order valence-corrected chi connectivity index (χ4v) is 2.30. The van der Waals surface area contributed by atoms with Crippen molar-refractivity contribution >= 4 is 0 Å². The van der Waals surface area contributed by atoms with Crippen LogP contribution in [0.25, 0.3) is 0 Å². The predicted octanol–water partition coefficient (Wildman–Crippen LogP) is 2.57. The van der Waals surface area contributed by atoms with E-state index >= 15 is 0 Å². The van der Waals surface area contributed by atoms with Crippen LogP contribution < -0.4 is 0 Å². The van der Waals surface area contributed by atoms with Gasteiger partial charge in [0.15, 0.2) is 11.5 Å². The molecule has 2 heterocycles. The quantitative estimate of drug-likeness (QED) is 0.848. The van der Waals surface area contributed by atoms with Gasteiger partial charge >= 0.3 is 6.18 Å². The highest BCUT2D eigenvalue weighted by molar-refractivity contribution is 5.17. The Morgan fingerprint density at radius 2 is 2.18 bits per heavy atom. The second kappa shape index (κ2) is 5.08. The molecule has 6 nitrogen and oxygen atoms in total. The van der Waals surface area contributed by atoms with Gasteiger partial charge in [0.2, 0.25) is 0 Å². The van der Waals surface area contributed by atoms with Crippen LogP contribution in [-0.2, 0) is 16.3 Å². The Labute approximate surface area is 124 Å². The third kappa shape index (κ3) is 2.60. The molecule has 0 saturated heterocycles. The van der Waals surface area contributed by atoms with Gasteiger partial charge in [-0.15, -0.1) is 0 Å². The summed E-state index contributed by atoms with van der Waals surface area (Å²) in [6.07, 6.45) is -1.40. The van der Waals surface area contributed by atoms with Crippen LogP contribution in [0.15, 0.2) is 16.8 Å². The van der Waals surface area contributed by atoms with Crippen molar-refractivity contribution in [1.82, 2.24) is 19.9 Å². The smallest absolute Gasteiger partial charge is 0.384 e. The van der Waals surface area contributed by atoms with Crippen LogP contribution in [0, 0.1) is 0 Å². The molecule has 0 bridgehead atoms. The van der Waals surface area contributed by atoms with Gasteiger partial charge in [-0.25, -0.2) is 0 Å². The predicted molar refractivity (Wildman–Crippen MR) is 68.1 cm³/mol. The fourth-order valence-electron chi connectivity index (χ4n) is 2.30. The monoisotopic (exact) mass is 316 g/mol. The summed E-state index contributed by atoms with van der Waals surface area (Å²) in [7, 11) is 1.60. The summed E-state index contributed by atoms with van der Waals surface area (Å²) in [5.74, 6) is 0.772. The van der Waals surface area contributed by atoms with Gasteiger partial charge in [-0.3, -0.25) is 4.68 Å². The molecule has 3 rings (SSSR count). The minimum atomic E-state index is -4.47. The van der Waals surface area contributed by atoms with E-state index < -0.39 is 17.9 Å². The van der Waals surface area contributed by atoms with E-state index in [4.69, 9.17) is 9.26 Å². The molecule has 0 aliphatic heterocycles. The van der Waals surface area contributed by atoms with E-state index in [0.29, 0.717) is 12.4 Å². The first kappa shape index (κ1) is 15.0. The molecule has 1 saturated carbocycles. The number of ether oxygens (including phenoxy) is 1. The summed E-state index contributed by atoms with van der Waals surface area (Å²) in [6.45, 7) is 2.15. The molecule has 0 N–H and O–H groups in total. The van der Waals surface area contributed by atoms with Gasteiger partial charge in [-0.1, -0.05) is 5.16 Å². The zero-order chi connectivity index (χ0) is 16.0. The third-order valence-corrected chi connectivity index (χ3v) is 3.84. The molecule has 1 unspecified atom stereocenters. The topological polar surface area (TPSA) is 66.0 Å². The summed E-state index contributed by atoms with van der Waals surface area (Å²) in [5, 5.41) is 7.46. The molecule has 22 heavy (non-hydrogen) atoms. The van der Waals surface area contributed by atoms with Gasteiger partial charge < -0.3 is 9.26 Å². The number of rotatable bonds is 5. The molecule has 2 aromatic rings. The molecular weight excluding hydrogens is 301 g/mol. The van der Waals surface area contributed by atoms with Crippen LogP contribution in [0.1, 0.15) is 43.2 Å². The number of methoxy groups -OCH3 is 1. The van der Waals surface area contributed by atoms with Crippen LogP contribution in [0.3, 0.4) is 0 Å². The lowest BCUT2D eigenvalue weighted by molar-refractivity contribution is -0.141. The zero-order valence-corrected chi connectivity index (χ0v) is 12.1. The maximum absolute atomic E-state index is 12.6. The highest BCUT2D eigenvalue weighted by atomic mass is 19.4. The standard InChI is InChI=1S/C13H15F3N4O2/c1-8(20-6-3-9(18-20)13(14,15)16)10-17-11(19-22-10)12(4-5-12)7-21-2/h3,6,8H,4-5,7H2,1-2H3. The molecule has 0 amide bonds. The maximum Gasteiger partial charge on any atom is 0.435 e. The number of hydrogen-bond acceptors (Lipinski definition) is 5. The lowest BCUT2D eigenvalue weighted by Gasteiger charge is -2.08. The summed E-state index contributed by atoms with van der Waals surface area (Å²) in [4.78, 5) is 4.31. The number of aromatic nitrogens is 4. The van der Waals surface area contributed by atoms with E-state index in [0.717, 1.165) is 23.6 Å². The molecular formula is C13H15F3N4O2. The number of alkyl halides is 3. The van der Waals surface area contributed by atoms with Gasteiger partial charge in [-0.2, -0.15) is 23.3 Å². The molecule has 2 aromatic heterocycles. The Bertz CT molecular complexity index is 660. The molecule has 0 radical (unpaired) electrons. The van der Waals surface area contributed by atoms with Crippen molar-refractivity contribution in [3.8, 4) is 0 Å². The third-order valence-electron chi connectivity index (χ3n) is 3.84. The van der Waals surface area contributed by atoms with Gasteiger partial charge in [-0.05, 0) is 25.8 Å². The first-order valence-electron chi connectivity index (χ1n) is 6.81. The summed E-state index contributed by atoms with van der Waals surface area (Å²) in [6, 6.07) is 0.344. The lowest BCUT2D eigenvalue weighted by atomic mass is 10.1. The second-order valence-electron chi connectivity index (χ2n) is 5.52. The van der Waals surface area contributed by atoms with Crippen LogP contribution in [-0.4, -0.2) is 33.6 Å². The first-order valence-corrected chi connectivity index (χ1v) is 6.81. The van der Waals surface area contributed by atoms with E-state index in [2.05, 4.69) is 15.2 Å². The van der Waals surface area contributed by atoms with Crippen molar-refractivity contribution in [3.05, 3.63) is 29.7 Å². The van der Waals surface area contributed by atoms with Crippen molar-refractivity contribution in [3.63, 3.8) is 0 Å². The minimum absolute atomic E-state index is 0.211. The van der Waals surface area contributed by atoms with E-state index in [-0.39, 0.29) is 11.3 Å². The Morgan fingerprint density at radius 3 is 2.73 bits per heavy atom. The average molecular weight is 316 g/mol. The number of halogens is 3. The zero-order valence-electron chi connectivity index (χ0n) is 12.1. The van der Waals surface area contributed by atoms with Crippen molar-refractivity contribution in [2.45, 2.75) is 37.4 Å². The molecule has 1 fully saturated rings. The molecule has 0 spiro atoms. The van der Waals surface area contributed by atoms with Crippen molar-refractivity contribution in [2.24, 2.45) is 0 Å². The van der Waals surface area contributed by atoms with Gasteiger partial charge in [0.05, 0.1) is 12.0 Å². The molecule has 9 heteroatoms. The van der Waals surface area contributed by atoms with Crippen LogP contribution in [0.5, 0.6) is 0 Å². The number of nitrogens with zero attached hydrogens (tertiary/aromatic N) is 4. The van der Waals surface area contributed by atoms with E-state index in [1.54, 1.807) is 14.0 Å².